The summed E-state index contributed by atoms with van der Waals surface area (Å²) < 4.78 is 0. The number of terminal acetylenes is 1. The summed E-state index contributed by atoms with van der Waals surface area (Å²) in [7, 11) is 0. The van der Waals surface area contributed by atoms with E-state index in [9.17, 15) is 4.79 Å². The van der Waals surface area contributed by atoms with Gasteiger partial charge in [-0.3, -0.25) is 4.79 Å². The predicted molar refractivity (Wildman–Crippen MR) is 66.3 cm³/mol. The molecule has 0 bridgehead atoms. The Morgan fingerprint density at radius 3 is 2.75 bits per heavy atom. The van der Waals surface area contributed by atoms with Crippen molar-refractivity contribution in [2.24, 2.45) is 0 Å². The molecular formula is C14H17NO. The zero-order valence-corrected chi connectivity index (χ0v) is 10.0. The smallest absolute Gasteiger partial charge is 0.251 e. The standard InChI is InChI=1S/C14H17NO/c1-5-6-12(4)15-14(16)13-8-7-10(2)9-11(13)3/h1,7-9,12H,6H2,2-4H3,(H,15,16). The minimum absolute atomic E-state index is 0.0122. The van der Waals surface area contributed by atoms with Crippen molar-refractivity contribution in [3.63, 3.8) is 0 Å². The zero-order valence-electron chi connectivity index (χ0n) is 10.0. The van der Waals surface area contributed by atoms with Crippen LogP contribution in [0.4, 0.5) is 0 Å². The van der Waals surface area contributed by atoms with E-state index in [1.54, 1.807) is 0 Å². The molecule has 1 N–H and O–H groups in total. The fourth-order valence-corrected chi connectivity index (χ4v) is 1.60. The highest BCUT2D eigenvalue weighted by atomic mass is 16.1. The number of rotatable bonds is 3. The summed E-state index contributed by atoms with van der Waals surface area (Å²) in [5.41, 5.74) is 2.87. The van der Waals surface area contributed by atoms with Crippen molar-refractivity contribution in [1.82, 2.24) is 5.32 Å². The lowest BCUT2D eigenvalue weighted by Gasteiger charge is -2.12. The quantitative estimate of drug-likeness (QED) is 0.771. The summed E-state index contributed by atoms with van der Waals surface area (Å²) in [6, 6.07) is 5.80. The fraction of sp³-hybridized carbons (Fsp3) is 0.357. The number of carbonyl (C=O) groups is 1. The average Bonchev–Trinajstić information content (AvgIpc) is 2.17. The van der Waals surface area contributed by atoms with Gasteiger partial charge in [-0.05, 0) is 32.4 Å². The van der Waals surface area contributed by atoms with Crippen molar-refractivity contribution < 1.29 is 4.79 Å². The Morgan fingerprint density at radius 2 is 2.19 bits per heavy atom. The van der Waals surface area contributed by atoms with Gasteiger partial charge in [0.1, 0.15) is 0 Å². The van der Waals surface area contributed by atoms with Gasteiger partial charge in [0.05, 0.1) is 0 Å². The van der Waals surface area contributed by atoms with Crippen molar-refractivity contribution in [1.29, 1.82) is 0 Å². The Balaban J connectivity index is 2.78. The maximum absolute atomic E-state index is 11.9. The molecular weight excluding hydrogens is 198 g/mol. The molecule has 1 aromatic carbocycles. The lowest BCUT2D eigenvalue weighted by Crippen LogP contribution is -2.32. The molecule has 1 rings (SSSR count). The largest absolute Gasteiger partial charge is 0.349 e. The molecule has 0 radical (unpaired) electrons. The van der Waals surface area contributed by atoms with E-state index in [0.29, 0.717) is 6.42 Å². The molecule has 0 spiro atoms. The summed E-state index contributed by atoms with van der Waals surface area (Å²) in [5.74, 6) is 2.48. The van der Waals surface area contributed by atoms with Gasteiger partial charge >= 0.3 is 0 Å². The Bertz CT molecular complexity index is 429. The first kappa shape index (κ1) is 12.3. The van der Waals surface area contributed by atoms with E-state index >= 15 is 0 Å². The zero-order chi connectivity index (χ0) is 12.1. The van der Waals surface area contributed by atoms with E-state index in [4.69, 9.17) is 6.42 Å². The second-order valence-electron chi connectivity index (χ2n) is 4.10. The van der Waals surface area contributed by atoms with Crippen LogP contribution in [0.25, 0.3) is 0 Å². The lowest BCUT2D eigenvalue weighted by atomic mass is 10.0. The molecule has 1 amide bonds. The van der Waals surface area contributed by atoms with Gasteiger partial charge in [0.2, 0.25) is 0 Å². The molecule has 2 nitrogen and oxygen atoms in total. The molecule has 0 saturated carbocycles. The van der Waals surface area contributed by atoms with Crippen LogP contribution in [0.5, 0.6) is 0 Å². The first-order chi connectivity index (χ1) is 7.54. The van der Waals surface area contributed by atoms with Crippen LogP contribution in [-0.4, -0.2) is 11.9 Å². The lowest BCUT2D eigenvalue weighted by molar-refractivity contribution is 0.0940. The van der Waals surface area contributed by atoms with Gasteiger partial charge in [0, 0.05) is 18.0 Å². The van der Waals surface area contributed by atoms with Crippen LogP contribution in [0.15, 0.2) is 18.2 Å². The molecule has 0 aromatic heterocycles. The van der Waals surface area contributed by atoms with E-state index in [1.807, 2.05) is 39.0 Å². The number of nitrogens with one attached hydrogen (secondary N) is 1. The summed E-state index contributed by atoms with van der Waals surface area (Å²) in [6.45, 7) is 5.85. The molecule has 0 fully saturated rings. The van der Waals surface area contributed by atoms with Gasteiger partial charge in [-0.1, -0.05) is 17.7 Å². The third-order valence-electron chi connectivity index (χ3n) is 2.43. The third kappa shape index (κ3) is 3.13. The molecule has 1 unspecified atom stereocenters. The normalized spacial score (nSPS) is 11.6. The number of hydrogen-bond donors (Lipinski definition) is 1. The molecule has 1 aromatic rings. The van der Waals surface area contributed by atoms with E-state index in [1.165, 1.54) is 0 Å². The molecule has 1 atom stereocenters. The first-order valence-corrected chi connectivity index (χ1v) is 5.36. The van der Waals surface area contributed by atoms with Crippen LogP contribution in [0.2, 0.25) is 0 Å². The van der Waals surface area contributed by atoms with Crippen molar-refractivity contribution in [2.75, 3.05) is 0 Å². The number of hydrogen-bond acceptors (Lipinski definition) is 1. The highest BCUT2D eigenvalue weighted by Gasteiger charge is 2.10. The fourth-order valence-electron chi connectivity index (χ4n) is 1.60. The van der Waals surface area contributed by atoms with Crippen LogP contribution in [0.3, 0.4) is 0 Å². The molecule has 0 saturated heterocycles. The summed E-state index contributed by atoms with van der Waals surface area (Å²) in [5, 5.41) is 2.88. The van der Waals surface area contributed by atoms with Crippen molar-refractivity contribution >= 4 is 5.91 Å². The molecule has 0 aliphatic rings. The highest BCUT2D eigenvalue weighted by molar-refractivity contribution is 5.95. The number of amides is 1. The first-order valence-electron chi connectivity index (χ1n) is 5.36. The molecule has 16 heavy (non-hydrogen) atoms. The molecule has 0 heterocycles. The van der Waals surface area contributed by atoms with Crippen molar-refractivity contribution in [2.45, 2.75) is 33.2 Å². The summed E-state index contributed by atoms with van der Waals surface area (Å²) in [6.07, 6.45) is 5.74. The maximum Gasteiger partial charge on any atom is 0.251 e. The van der Waals surface area contributed by atoms with Gasteiger partial charge in [-0.2, -0.15) is 0 Å². The van der Waals surface area contributed by atoms with Gasteiger partial charge in [0.15, 0.2) is 0 Å². The minimum atomic E-state index is -0.0553. The second kappa shape index (κ2) is 5.37. The average molecular weight is 215 g/mol. The number of carbonyl (C=O) groups excluding carboxylic acids is 1. The van der Waals surface area contributed by atoms with Crippen molar-refractivity contribution in [3.05, 3.63) is 34.9 Å². The van der Waals surface area contributed by atoms with Crippen LogP contribution in [-0.2, 0) is 0 Å². The van der Waals surface area contributed by atoms with E-state index in [2.05, 4.69) is 11.2 Å². The number of aryl methyl sites for hydroxylation is 2. The Hall–Kier alpha value is -1.75. The Kier molecular flexibility index (Phi) is 4.13. The van der Waals surface area contributed by atoms with Crippen LogP contribution in [0.1, 0.15) is 34.8 Å². The molecule has 0 aliphatic heterocycles. The molecule has 2 heteroatoms. The van der Waals surface area contributed by atoms with E-state index in [-0.39, 0.29) is 11.9 Å². The van der Waals surface area contributed by atoms with Gasteiger partial charge < -0.3 is 5.32 Å². The Morgan fingerprint density at radius 1 is 1.50 bits per heavy atom. The number of benzene rings is 1. The third-order valence-corrected chi connectivity index (χ3v) is 2.43. The van der Waals surface area contributed by atoms with E-state index < -0.39 is 0 Å². The van der Waals surface area contributed by atoms with Crippen molar-refractivity contribution in [3.8, 4) is 12.3 Å². The summed E-state index contributed by atoms with van der Waals surface area (Å²) >= 11 is 0. The van der Waals surface area contributed by atoms with Crippen LogP contribution < -0.4 is 5.32 Å². The molecule has 0 aliphatic carbocycles. The van der Waals surface area contributed by atoms with E-state index in [0.717, 1.165) is 16.7 Å². The monoisotopic (exact) mass is 215 g/mol. The SMILES string of the molecule is C#CCC(C)NC(=O)c1ccc(C)cc1C. The van der Waals surface area contributed by atoms with Gasteiger partial charge in [-0.15, -0.1) is 12.3 Å². The van der Waals surface area contributed by atoms with Gasteiger partial charge in [-0.25, -0.2) is 0 Å². The maximum atomic E-state index is 11.9. The molecule has 84 valence electrons. The Labute approximate surface area is 97.1 Å². The topological polar surface area (TPSA) is 29.1 Å². The predicted octanol–water partition coefficient (Wildman–Crippen LogP) is 2.45. The summed E-state index contributed by atoms with van der Waals surface area (Å²) in [4.78, 5) is 11.9. The van der Waals surface area contributed by atoms with Crippen LogP contribution >= 0.6 is 0 Å². The van der Waals surface area contributed by atoms with Crippen LogP contribution in [0, 0.1) is 26.2 Å². The highest BCUT2D eigenvalue weighted by Crippen LogP contribution is 2.10. The second-order valence-corrected chi connectivity index (χ2v) is 4.10. The van der Waals surface area contributed by atoms with Gasteiger partial charge in [0.25, 0.3) is 5.91 Å². The minimum Gasteiger partial charge on any atom is -0.349 e.